The van der Waals surface area contributed by atoms with Crippen molar-refractivity contribution in [3.8, 4) is 11.8 Å². The first-order chi connectivity index (χ1) is 10.0. The normalized spacial score (nSPS) is 9.90. The minimum absolute atomic E-state index is 0.164. The molecule has 0 spiro atoms. The van der Waals surface area contributed by atoms with Gasteiger partial charge in [0.1, 0.15) is 17.3 Å². The summed E-state index contributed by atoms with van der Waals surface area (Å²) < 4.78 is 19.1. The number of furan rings is 1. The number of halogens is 1. The largest absolute Gasteiger partial charge is 0.466 e. The van der Waals surface area contributed by atoms with Crippen LogP contribution in [0, 0.1) is 31.5 Å². The highest BCUT2D eigenvalue weighted by atomic mass is 19.1. The minimum atomic E-state index is -0.506. The number of nitrogens with two attached hydrogens (primary N) is 1. The van der Waals surface area contributed by atoms with E-state index in [0.29, 0.717) is 22.8 Å². The Balaban J connectivity index is 2.18. The quantitative estimate of drug-likeness (QED) is 0.834. The van der Waals surface area contributed by atoms with Crippen LogP contribution < -0.4 is 11.1 Å². The molecule has 1 aromatic carbocycles. The summed E-state index contributed by atoms with van der Waals surface area (Å²) >= 11 is 0. The molecule has 0 radical (unpaired) electrons. The minimum Gasteiger partial charge on any atom is -0.466 e. The number of hydrogen-bond donors (Lipinski definition) is 2. The molecule has 0 saturated carbocycles. The van der Waals surface area contributed by atoms with E-state index >= 15 is 0 Å². The van der Waals surface area contributed by atoms with E-state index in [-0.39, 0.29) is 18.0 Å². The zero-order valence-electron chi connectivity index (χ0n) is 11.8. The Labute approximate surface area is 122 Å². The topological polar surface area (TPSA) is 68.3 Å². The van der Waals surface area contributed by atoms with Crippen molar-refractivity contribution in [1.82, 2.24) is 0 Å². The fourth-order valence-corrected chi connectivity index (χ4v) is 1.90. The average Bonchev–Trinajstić information content (AvgIpc) is 2.77. The number of hydrogen-bond acceptors (Lipinski definition) is 3. The summed E-state index contributed by atoms with van der Waals surface area (Å²) in [6.45, 7) is 3.62. The van der Waals surface area contributed by atoms with E-state index in [1.54, 1.807) is 26.0 Å². The van der Waals surface area contributed by atoms with Crippen molar-refractivity contribution in [1.29, 1.82) is 0 Å². The molecule has 2 rings (SSSR count). The fraction of sp³-hybridized carbons (Fsp3) is 0.188. The standard InChI is InChI=1S/C16H15FN2O2/c1-10-8-14(11(2)21-10)16(20)19-13-6-5-12(4-3-7-18)15(17)9-13/h5-6,8-9H,7,18H2,1-2H3,(H,19,20). The summed E-state index contributed by atoms with van der Waals surface area (Å²) in [6.07, 6.45) is 0. The summed E-state index contributed by atoms with van der Waals surface area (Å²) in [6, 6.07) is 5.95. The molecule has 5 heteroatoms. The van der Waals surface area contributed by atoms with Gasteiger partial charge in [-0.25, -0.2) is 4.39 Å². The molecule has 0 saturated heterocycles. The Morgan fingerprint density at radius 3 is 2.71 bits per heavy atom. The third-order valence-electron chi connectivity index (χ3n) is 2.84. The molecule has 21 heavy (non-hydrogen) atoms. The van der Waals surface area contributed by atoms with Crippen LogP contribution in [0.3, 0.4) is 0 Å². The maximum atomic E-state index is 13.8. The summed E-state index contributed by atoms with van der Waals surface area (Å²) in [7, 11) is 0. The van der Waals surface area contributed by atoms with E-state index in [2.05, 4.69) is 17.2 Å². The maximum Gasteiger partial charge on any atom is 0.259 e. The van der Waals surface area contributed by atoms with Crippen LogP contribution >= 0.6 is 0 Å². The van der Waals surface area contributed by atoms with Gasteiger partial charge in [-0.2, -0.15) is 0 Å². The smallest absolute Gasteiger partial charge is 0.259 e. The van der Waals surface area contributed by atoms with Crippen molar-refractivity contribution in [2.75, 3.05) is 11.9 Å². The third-order valence-corrected chi connectivity index (χ3v) is 2.84. The molecule has 3 N–H and O–H groups in total. The zero-order valence-corrected chi connectivity index (χ0v) is 11.8. The van der Waals surface area contributed by atoms with Gasteiger partial charge in [0.15, 0.2) is 0 Å². The second kappa shape index (κ2) is 6.25. The molecular formula is C16H15FN2O2. The molecule has 0 fully saturated rings. The lowest BCUT2D eigenvalue weighted by Crippen LogP contribution is -2.12. The van der Waals surface area contributed by atoms with Gasteiger partial charge in [0, 0.05) is 5.69 Å². The van der Waals surface area contributed by atoms with Crippen LogP contribution in [0.2, 0.25) is 0 Å². The van der Waals surface area contributed by atoms with Crippen molar-refractivity contribution in [2.24, 2.45) is 5.73 Å². The van der Waals surface area contributed by atoms with Crippen molar-refractivity contribution in [2.45, 2.75) is 13.8 Å². The lowest BCUT2D eigenvalue weighted by atomic mass is 10.1. The Morgan fingerprint density at radius 1 is 1.38 bits per heavy atom. The predicted octanol–water partition coefficient (Wildman–Crippen LogP) is 2.60. The molecular weight excluding hydrogens is 271 g/mol. The first kappa shape index (κ1) is 14.8. The van der Waals surface area contributed by atoms with Crippen LogP contribution in [0.1, 0.15) is 27.4 Å². The number of benzene rings is 1. The summed E-state index contributed by atoms with van der Waals surface area (Å²) in [4.78, 5) is 12.1. The lowest BCUT2D eigenvalue weighted by Gasteiger charge is -2.05. The van der Waals surface area contributed by atoms with E-state index < -0.39 is 5.82 Å². The van der Waals surface area contributed by atoms with Gasteiger partial charge in [-0.3, -0.25) is 4.79 Å². The molecule has 0 aliphatic carbocycles. The highest BCUT2D eigenvalue weighted by Gasteiger charge is 2.14. The first-order valence-corrected chi connectivity index (χ1v) is 6.38. The maximum absolute atomic E-state index is 13.8. The van der Waals surface area contributed by atoms with Crippen molar-refractivity contribution < 1.29 is 13.6 Å². The van der Waals surface area contributed by atoms with Crippen LogP contribution in [0.4, 0.5) is 10.1 Å². The third kappa shape index (κ3) is 3.50. The second-order valence-electron chi connectivity index (χ2n) is 4.48. The number of anilines is 1. The number of aryl methyl sites for hydroxylation is 2. The van der Waals surface area contributed by atoms with Crippen LogP contribution in [-0.4, -0.2) is 12.5 Å². The molecule has 108 valence electrons. The molecule has 4 nitrogen and oxygen atoms in total. The first-order valence-electron chi connectivity index (χ1n) is 6.38. The highest BCUT2D eigenvalue weighted by Crippen LogP contribution is 2.18. The Morgan fingerprint density at radius 2 is 2.14 bits per heavy atom. The molecule has 1 aromatic heterocycles. The van der Waals surface area contributed by atoms with Crippen molar-refractivity contribution >= 4 is 11.6 Å². The number of rotatable bonds is 2. The van der Waals surface area contributed by atoms with E-state index in [1.807, 2.05) is 0 Å². The number of carbonyl (C=O) groups is 1. The van der Waals surface area contributed by atoms with E-state index in [1.165, 1.54) is 12.1 Å². The SMILES string of the molecule is Cc1cc(C(=O)Nc2ccc(C#CCN)c(F)c2)c(C)o1. The van der Waals surface area contributed by atoms with Crippen LogP contribution in [-0.2, 0) is 0 Å². The van der Waals surface area contributed by atoms with Gasteiger partial charge in [0.05, 0.1) is 17.7 Å². The molecule has 0 bridgehead atoms. The van der Waals surface area contributed by atoms with Crippen molar-refractivity contribution in [3.63, 3.8) is 0 Å². The Kier molecular flexibility index (Phi) is 4.41. The molecule has 0 atom stereocenters. The van der Waals surface area contributed by atoms with E-state index in [0.717, 1.165) is 0 Å². The van der Waals surface area contributed by atoms with Gasteiger partial charge in [-0.05, 0) is 38.1 Å². The van der Waals surface area contributed by atoms with Gasteiger partial charge in [-0.1, -0.05) is 11.8 Å². The molecule has 2 aromatic rings. The van der Waals surface area contributed by atoms with Gasteiger partial charge >= 0.3 is 0 Å². The summed E-state index contributed by atoms with van der Waals surface area (Å²) in [5, 5.41) is 2.62. The molecule has 1 heterocycles. The average molecular weight is 286 g/mol. The number of amides is 1. The number of carbonyl (C=O) groups excluding carboxylic acids is 1. The monoisotopic (exact) mass is 286 g/mol. The van der Waals surface area contributed by atoms with Gasteiger partial charge in [-0.15, -0.1) is 0 Å². The van der Waals surface area contributed by atoms with Gasteiger partial charge in [0.25, 0.3) is 5.91 Å². The Bertz CT molecular complexity index is 738. The lowest BCUT2D eigenvalue weighted by molar-refractivity contribution is 0.102. The van der Waals surface area contributed by atoms with E-state index in [9.17, 15) is 9.18 Å². The van der Waals surface area contributed by atoms with Crippen LogP contribution in [0.25, 0.3) is 0 Å². The molecule has 1 amide bonds. The Hall–Kier alpha value is -2.58. The van der Waals surface area contributed by atoms with Gasteiger partial charge < -0.3 is 15.5 Å². The predicted molar refractivity (Wildman–Crippen MR) is 78.5 cm³/mol. The zero-order chi connectivity index (χ0) is 15.4. The molecule has 0 unspecified atom stereocenters. The second-order valence-corrected chi connectivity index (χ2v) is 4.48. The van der Waals surface area contributed by atoms with Gasteiger partial charge in [0.2, 0.25) is 0 Å². The summed E-state index contributed by atoms with van der Waals surface area (Å²) in [5.41, 5.74) is 6.27. The van der Waals surface area contributed by atoms with Crippen LogP contribution in [0.15, 0.2) is 28.7 Å². The van der Waals surface area contributed by atoms with Crippen molar-refractivity contribution in [3.05, 3.63) is 52.7 Å². The molecule has 0 aliphatic rings. The molecule has 0 aliphatic heterocycles. The highest BCUT2D eigenvalue weighted by molar-refractivity contribution is 6.05. The van der Waals surface area contributed by atoms with E-state index in [4.69, 9.17) is 10.2 Å². The van der Waals surface area contributed by atoms with Crippen LogP contribution in [0.5, 0.6) is 0 Å². The summed E-state index contributed by atoms with van der Waals surface area (Å²) in [5.74, 6) is 5.52. The number of nitrogens with one attached hydrogen (secondary N) is 1. The fourth-order valence-electron chi connectivity index (χ4n) is 1.90.